The molecule has 0 aliphatic heterocycles. The highest BCUT2D eigenvalue weighted by atomic mass is 16.3. The Bertz CT molecular complexity index is 680. The van der Waals surface area contributed by atoms with Crippen molar-refractivity contribution in [1.82, 2.24) is 4.98 Å². The summed E-state index contributed by atoms with van der Waals surface area (Å²) in [5.74, 6) is 0. The summed E-state index contributed by atoms with van der Waals surface area (Å²) in [7, 11) is 0. The standard InChI is InChI=1S/C13H9NO2/c15-13-11-4-2-1-3-9(11)7-12(14-13)10-5-6-16-8-10/h1-8H,(H,14,15). The lowest BCUT2D eigenvalue weighted by Gasteiger charge is -2.00. The Balaban J connectivity index is 2.34. The van der Waals surface area contributed by atoms with E-state index in [2.05, 4.69) is 4.98 Å². The van der Waals surface area contributed by atoms with Gasteiger partial charge in [-0.25, -0.2) is 0 Å². The van der Waals surface area contributed by atoms with Crippen molar-refractivity contribution in [2.24, 2.45) is 0 Å². The SMILES string of the molecule is O=c1[nH]c(-c2ccoc2)cc2ccccc12. The van der Waals surface area contributed by atoms with Gasteiger partial charge in [0.15, 0.2) is 0 Å². The van der Waals surface area contributed by atoms with Crippen LogP contribution in [0.1, 0.15) is 0 Å². The Morgan fingerprint density at radius 2 is 2.00 bits per heavy atom. The molecule has 1 N–H and O–H groups in total. The van der Waals surface area contributed by atoms with Crippen LogP contribution in [0, 0.1) is 0 Å². The zero-order valence-electron chi connectivity index (χ0n) is 8.44. The van der Waals surface area contributed by atoms with E-state index in [-0.39, 0.29) is 5.56 Å². The van der Waals surface area contributed by atoms with E-state index in [1.54, 1.807) is 12.5 Å². The molecule has 2 heterocycles. The zero-order chi connectivity index (χ0) is 11.0. The minimum absolute atomic E-state index is 0.0747. The third-order valence-corrected chi connectivity index (χ3v) is 2.59. The number of H-pyrrole nitrogens is 1. The topological polar surface area (TPSA) is 46.0 Å². The van der Waals surface area contributed by atoms with Crippen molar-refractivity contribution in [2.75, 3.05) is 0 Å². The minimum atomic E-state index is -0.0747. The molecular weight excluding hydrogens is 202 g/mol. The van der Waals surface area contributed by atoms with Crippen LogP contribution in [0.3, 0.4) is 0 Å². The summed E-state index contributed by atoms with van der Waals surface area (Å²) in [4.78, 5) is 14.6. The smallest absolute Gasteiger partial charge is 0.256 e. The van der Waals surface area contributed by atoms with Gasteiger partial charge < -0.3 is 9.40 Å². The molecule has 78 valence electrons. The Labute approximate surface area is 91.3 Å². The number of benzene rings is 1. The molecule has 0 aliphatic carbocycles. The lowest BCUT2D eigenvalue weighted by atomic mass is 10.1. The van der Waals surface area contributed by atoms with E-state index in [0.29, 0.717) is 5.39 Å². The van der Waals surface area contributed by atoms with Crippen molar-refractivity contribution in [3.05, 3.63) is 59.3 Å². The molecule has 16 heavy (non-hydrogen) atoms. The van der Waals surface area contributed by atoms with E-state index in [1.165, 1.54) is 0 Å². The van der Waals surface area contributed by atoms with Gasteiger partial charge in [-0.3, -0.25) is 4.79 Å². The average molecular weight is 211 g/mol. The first-order chi connectivity index (χ1) is 7.84. The minimum Gasteiger partial charge on any atom is -0.472 e. The second kappa shape index (κ2) is 3.38. The second-order valence-corrected chi connectivity index (χ2v) is 3.61. The van der Waals surface area contributed by atoms with E-state index in [4.69, 9.17) is 4.42 Å². The highest BCUT2D eigenvalue weighted by molar-refractivity contribution is 5.84. The first kappa shape index (κ1) is 8.97. The summed E-state index contributed by atoms with van der Waals surface area (Å²) < 4.78 is 5.00. The van der Waals surface area contributed by atoms with E-state index >= 15 is 0 Å². The maximum absolute atomic E-state index is 11.8. The number of hydrogen-bond acceptors (Lipinski definition) is 2. The predicted octanol–water partition coefficient (Wildman–Crippen LogP) is 2.79. The normalized spacial score (nSPS) is 10.8. The molecule has 3 heteroatoms. The Kier molecular flexibility index (Phi) is 1.90. The summed E-state index contributed by atoms with van der Waals surface area (Å²) >= 11 is 0. The van der Waals surface area contributed by atoms with Crippen LogP contribution >= 0.6 is 0 Å². The third kappa shape index (κ3) is 1.34. The van der Waals surface area contributed by atoms with Gasteiger partial charge in [0, 0.05) is 10.9 Å². The van der Waals surface area contributed by atoms with Gasteiger partial charge in [-0.1, -0.05) is 18.2 Å². The van der Waals surface area contributed by atoms with Crippen LogP contribution in [0.15, 0.2) is 58.1 Å². The molecular formula is C13H9NO2. The van der Waals surface area contributed by atoms with Crippen molar-refractivity contribution in [3.8, 4) is 11.3 Å². The molecule has 0 amide bonds. The fourth-order valence-electron chi connectivity index (χ4n) is 1.78. The zero-order valence-corrected chi connectivity index (χ0v) is 8.44. The Morgan fingerprint density at radius 3 is 2.81 bits per heavy atom. The highest BCUT2D eigenvalue weighted by Crippen LogP contribution is 2.19. The molecule has 3 rings (SSSR count). The molecule has 0 spiro atoms. The third-order valence-electron chi connectivity index (χ3n) is 2.59. The number of aromatic nitrogens is 1. The summed E-state index contributed by atoms with van der Waals surface area (Å²) in [5.41, 5.74) is 1.58. The van der Waals surface area contributed by atoms with Gasteiger partial charge in [-0.2, -0.15) is 0 Å². The van der Waals surface area contributed by atoms with Crippen molar-refractivity contribution in [1.29, 1.82) is 0 Å². The average Bonchev–Trinajstić information content (AvgIpc) is 2.82. The fourth-order valence-corrected chi connectivity index (χ4v) is 1.78. The first-order valence-electron chi connectivity index (χ1n) is 4.99. The molecule has 0 saturated carbocycles. The lowest BCUT2D eigenvalue weighted by molar-refractivity contribution is 0.568. The van der Waals surface area contributed by atoms with E-state index in [1.807, 2.05) is 36.4 Å². The number of pyridine rings is 1. The number of aromatic amines is 1. The monoisotopic (exact) mass is 211 g/mol. The molecule has 0 radical (unpaired) electrons. The Hall–Kier alpha value is -2.29. The van der Waals surface area contributed by atoms with Crippen molar-refractivity contribution in [2.45, 2.75) is 0 Å². The highest BCUT2D eigenvalue weighted by Gasteiger charge is 2.03. The van der Waals surface area contributed by atoms with Gasteiger partial charge in [0.1, 0.15) is 0 Å². The second-order valence-electron chi connectivity index (χ2n) is 3.61. The number of rotatable bonds is 1. The van der Waals surface area contributed by atoms with Crippen LogP contribution in [0.5, 0.6) is 0 Å². The molecule has 2 aromatic heterocycles. The molecule has 0 unspecified atom stereocenters. The summed E-state index contributed by atoms with van der Waals surface area (Å²) in [5, 5.41) is 1.64. The van der Waals surface area contributed by atoms with E-state index in [9.17, 15) is 4.79 Å². The summed E-state index contributed by atoms with van der Waals surface area (Å²) in [6.45, 7) is 0. The molecule has 0 bridgehead atoms. The summed E-state index contributed by atoms with van der Waals surface area (Å²) in [6.07, 6.45) is 3.20. The summed E-state index contributed by atoms with van der Waals surface area (Å²) in [6, 6.07) is 11.3. The predicted molar refractivity (Wildman–Crippen MR) is 62.3 cm³/mol. The van der Waals surface area contributed by atoms with Crippen molar-refractivity contribution in [3.63, 3.8) is 0 Å². The van der Waals surface area contributed by atoms with Gasteiger partial charge >= 0.3 is 0 Å². The van der Waals surface area contributed by atoms with Crippen LogP contribution in [-0.4, -0.2) is 4.98 Å². The fraction of sp³-hybridized carbons (Fsp3) is 0. The molecule has 3 nitrogen and oxygen atoms in total. The van der Waals surface area contributed by atoms with Gasteiger partial charge in [0.25, 0.3) is 5.56 Å². The van der Waals surface area contributed by atoms with Gasteiger partial charge in [0.05, 0.1) is 18.2 Å². The number of furan rings is 1. The van der Waals surface area contributed by atoms with Gasteiger partial charge in [-0.15, -0.1) is 0 Å². The van der Waals surface area contributed by atoms with Crippen LogP contribution in [0.4, 0.5) is 0 Å². The van der Waals surface area contributed by atoms with Gasteiger partial charge in [-0.05, 0) is 23.6 Å². The molecule has 0 fully saturated rings. The molecule has 3 aromatic rings. The quantitative estimate of drug-likeness (QED) is 0.672. The molecule has 1 aromatic carbocycles. The maximum atomic E-state index is 11.8. The number of hydrogen-bond donors (Lipinski definition) is 1. The number of fused-ring (bicyclic) bond motifs is 1. The van der Waals surface area contributed by atoms with Gasteiger partial charge in [0.2, 0.25) is 0 Å². The van der Waals surface area contributed by atoms with Crippen LogP contribution < -0.4 is 5.56 Å². The van der Waals surface area contributed by atoms with E-state index in [0.717, 1.165) is 16.6 Å². The first-order valence-corrected chi connectivity index (χ1v) is 4.99. The lowest BCUT2D eigenvalue weighted by Crippen LogP contribution is -2.06. The largest absolute Gasteiger partial charge is 0.472 e. The molecule has 0 saturated heterocycles. The van der Waals surface area contributed by atoms with Crippen LogP contribution in [0.25, 0.3) is 22.0 Å². The van der Waals surface area contributed by atoms with Crippen molar-refractivity contribution < 1.29 is 4.42 Å². The van der Waals surface area contributed by atoms with Crippen LogP contribution in [0.2, 0.25) is 0 Å². The van der Waals surface area contributed by atoms with E-state index < -0.39 is 0 Å². The maximum Gasteiger partial charge on any atom is 0.256 e. The van der Waals surface area contributed by atoms with Crippen molar-refractivity contribution >= 4 is 10.8 Å². The Morgan fingerprint density at radius 1 is 1.12 bits per heavy atom. The molecule has 0 atom stereocenters. The van der Waals surface area contributed by atoms with Crippen LogP contribution in [-0.2, 0) is 0 Å². The molecule has 0 aliphatic rings. The number of nitrogens with one attached hydrogen (secondary N) is 1.